The Morgan fingerprint density at radius 3 is 2.48 bits per heavy atom. The van der Waals surface area contributed by atoms with Gasteiger partial charge in [0.25, 0.3) is 5.91 Å². The Morgan fingerprint density at radius 1 is 1.16 bits per heavy atom. The Kier molecular flexibility index (Phi) is 3.92. The van der Waals surface area contributed by atoms with Crippen molar-refractivity contribution >= 4 is 24.0 Å². The summed E-state index contributed by atoms with van der Waals surface area (Å²) in [7, 11) is 0. The second kappa shape index (κ2) is 5.94. The summed E-state index contributed by atoms with van der Waals surface area (Å²) < 4.78 is 1.91. The molecule has 128 valence electrons. The van der Waals surface area contributed by atoms with Crippen LogP contribution < -0.4 is 15.7 Å². The van der Waals surface area contributed by atoms with E-state index in [0.29, 0.717) is 5.56 Å². The first-order valence-electron chi connectivity index (χ1n) is 7.64. The third-order valence-electron chi connectivity index (χ3n) is 4.26. The largest absolute Gasteiger partial charge is 0.545 e. The first-order chi connectivity index (χ1) is 11.8. The van der Waals surface area contributed by atoms with E-state index in [1.165, 1.54) is 6.07 Å². The Balaban J connectivity index is 2.12. The number of carbonyl (C=O) groups excluding carboxylic acids is 3. The molecule has 0 bridgehead atoms. The van der Waals surface area contributed by atoms with Crippen molar-refractivity contribution in [2.24, 2.45) is 0 Å². The van der Waals surface area contributed by atoms with Gasteiger partial charge in [0.15, 0.2) is 0 Å². The van der Waals surface area contributed by atoms with Gasteiger partial charge >= 0.3 is 6.03 Å². The third kappa shape index (κ3) is 2.80. The Bertz CT molecular complexity index is 953. The maximum Gasteiger partial charge on any atom is 0.326 e. The van der Waals surface area contributed by atoms with Crippen LogP contribution in [0.5, 0.6) is 0 Å². The number of imide groups is 1. The molecule has 0 aliphatic carbocycles. The van der Waals surface area contributed by atoms with E-state index in [9.17, 15) is 19.5 Å². The highest BCUT2D eigenvalue weighted by Gasteiger charge is 2.23. The molecule has 7 heteroatoms. The quantitative estimate of drug-likeness (QED) is 0.642. The Morgan fingerprint density at radius 2 is 1.88 bits per heavy atom. The first-order valence-corrected chi connectivity index (χ1v) is 7.64. The van der Waals surface area contributed by atoms with E-state index in [1.54, 1.807) is 19.1 Å². The van der Waals surface area contributed by atoms with E-state index >= 15 is 0 Å². The zero-order chi connectivity index (χ0) is 18.3. The summed E-state index contributed by atoms with van der Waals surface area (Å²) in [5, 5.41) is 15.9. The topological polar surface area (TPSA) is 103 Å². The van der Waals surface area contributed by atoms with Crippen molar-refractivity contribution in [1.82, 2.24) is 15.2 Å². The fourth-order valence-corrected chi connectivity index (χ4v) is 3.03. The van der Waals surface area contributed by atoms with Crippen LogP contribution in [0.15, 0.2) is 30.0 Å². The van der Waals surface area contributed by atoms with Gasteiger partial charge in [0.1, 0.15) is 5.70 Å². The fraction of sp³-hybridized carbons (Fsp3) is 0.167. The summed E-state index contributed by atoms with van der Waals surface area (Å²) in [4.78, 5) is 34.2. The highest BCUT2D eigenvalue weighted by Crippen LogP contribution is 2.26. The molecule has 0 unspecified atom stereocenters. The van der Waals surface area contributed by atoms with Crippen LogP contribution in [0.4, 0.5) is 4.79 Å². The van der Waals surface area contributed by atoms with Gasteiger partial charge < -0.3 is 19.8 Å². The van der Waals surface area contributed by atoms with Gasteiger partial charge in [0, 0.05) is 22.6 Å². The summed E-state index contributed by atoms with van der Waals surface area (Å²) in [6, 6.07) is 6.30. The van der Waals surface area contributed by atoms with Crippen LogP contribution >= 0.6 is 0 Å². The molecule has 2 N–H and O–H groups in total. The van der Waals surface area contributed by atoms with Crippen LogP contribution in [-0.2, 0) is 4.79 Å². The number of carboxylic acids is 1. The molecule has 7 nitrogen and oxygen atoms in total. The van der Waals surface area contributed by atoms with Crippen molar-refractivity contribution < 1.29 is 19.5 Å². The average molecular weight is 338 g/mol. The van der Waals surface area contributed by atoms with Gasteiger partial charge in [0.2, 0.25) is 0 Å². The molecule has 0 radical (unpaired) electrons. The van der Waals surface area contributed by atoms with Crippen LogP contribution in [-0.4, -0.2) is 22.5 Å². The fourth-order valence-electron chi connectivity index (χ4n) is 3.03. The number of urea groups is 1. The van der Waals surface area contributed by atoms with Crippen molar-refractivity contribution in [3.05, 3.63) is 58.0 Å². The monoisotopic (exact) mass is 338 g/mol. The van der Waals surface area contributed by atoms with Crippen LogP contribution in [0.3, 0.4) is 0 Å². The third-order valence-corrected chi connectivity index (χ3v) is 4.26. The zero-order valence-electron chi connectivity index (χ0n) is 14.0. The number of aryl methyl sites for hydroxylation is 1. The molecule has 2 heterocycles. The number of rotatable bonds is 3. The normalized spacial score (nSPS) is 15.4. The molecule has 0 saturated carbocycles. The molecule has 2 aromatic rings. The lowest BCUT2D eigenvalue weighted by atomic mass is 10.1. The summed E-state index contributed by atoms with van der Waals surface area (Å²) in [6.45, 7) is 5.47. The maximum absolute atomic E-state index is 11.7. The van der Waals surface area contributed by atoms with Crippen LogP contribution in [0.1, 0.15) is 32.9 Å². The number of aromatic carboxylic acids is 1. The van der Waals surface area contributed by atoms with E-state index < -0.39 is 17.9 Å². The van der Waals surface area contributed by atoms with Gasteiger partial charge in [-0.15, -0.1) is 0 Å². The van der Waals surface area contributed by atoms with Crippen molar-refractivity contribution in [1.29, 1.82) is 0 Å². The molecule has 0 atom stereocenters. The zero-order valence-corrected chi connectivity index (χ0v) is 14.0. The molecule has 3 rings (SSSR count). The molecular weight excluding hydrogens is 322 g/mol. The second-order valence-electron chi connectivity index (χ2n) is 5.87. The number of benzene rings is 1. The molecular formula is C18H16N3O4-. The van der Waals surface area contributed by atoms with Gasteiger partial charge in [-0.1, -0.05) is 12.1 Å². The highest BCUT2D eigenvalue weighted by molar-refractivity contribution is 6.14. The molecule has 1 aliphatic rings. The maximum atomic E-state index is 11.7. The molecule has 1 aromatic carbocycles. The molecule has 25 heavy (non-hydrogen) atoms. The van der Waals surface area contributed by atoms with Crippen LogP contribution in [0, 0.1) is 20.8 Å². The number of hydrogen-bond acceptors (Lipinski definition) is 4. The SMILES string of the molecule is Cc1c(C(=O)[O-])cccc1-n1c(C)cc(/C=C2\NC(=O)NC2=O)c1C. The number of nitrogens with zero attached hydrogens (tertiary/aromatic N) is 1. The van der Waals surface area contributed by atoms with Crippen LogP contribution in [0.25, 0.3) is 11.8 Å². The molecule has 1 aromatic heterocycles. The first kappa shape index (κ1) is 16.5. The van der Waals surface area contributed by atoms with Crippen molar-refractivity contribution in [3.63, 3.8) is 0 Å². The Labute approximate surface area is 144 Å². The van der Waals surface area contributed by atoms with Gasteiger partial charge in [0.05, 0.1) is 5.97 Å². The standard InChI is InChI=1S/C18H17N3O4/c1-9-7-12(8-14-16(22)20-18(25)19-14)11(3)21(9)15-6-4-5-13(10(15)2)17(23)24/h4-8H,1-3H3,(H,23,24)(H2,19,20,22,25)/p-1/b14-8-. The predicted octanol–water partition coefficient (Wildman–Crippen LogP) is 0.946. The molecule has 1 saturated heterocycles. The summed E-state index contributed by atoms with van der Waals surface area (Å²) in [6.07, 6.45) is 1.59. The van der Waals surface area contributed by atoms with Gasteiger partial charge in [-0.05, 0) is 50.1 Å². The van der Waals surface area contributed by atoms with Crippen molar-refractivity contribution in [2.75, 3.05) is 0 Å². The number of carbonyl (C=O) groups is 3. The molecule has 1 fully saturated rings. The molecule has 1 aliphatic heterocycles. The second-order valence-corrected chi connectivity index (χ2v) is 5.87. The van der Waals surface area contributed by atoms with E-state index in [4.69, 9.17) is 0 Å². The van der Waals surface area contributed by atoms with E-state index in [0.717, 1.165) is 22.6 Å². The number of aromatic nitrogens is 1. The minimum absolute atomic E-state index is 0.132. The number of amides is 3. The molecule has 0 spiro atoms. The number of carboxylic acid groups (broad SMARTS) is 1. The summed E-state index contributed by atoms with van der Waals surface area (Å²) in [5.74, 6) is -1.71. The van der Waals surface area contributed by atoms with E-state index in [-0.39, 0.29) is 11.3 Å². The smallest absolute Gasteiger partial charge is 0.326 e. The highest BCUT2D eigenvalue weighted by atomic mass is 16.4. The minimum atomic E-state index is -1.23. The lowest BCUT2D eigenvalue weighted by molar-refractivity contribution is -0.255. The van der Waals surface area contributed by atoms with E-state index in [1.807, 2.05) is 30.5 Å². The summed E-state index contributed by atoms with van der Waals surface area (Å²) in [5.41, 5.74) is 4.06. The summed E-state index contributed by atoms with van der Waals surface area (Å²) >= 11 is 0. The van der Waals surface area contributed by atoms with Crippen molar-refractivity contribution in [3.8, 4) is 5.69 Å². The average Bonchev–Trinajstić information content (AvgIpc) is 2.99. The van der Waals surface area contributed by atoms with Crippen molar-refractivity contribution in [2.45, 2.75) is 20.8 Å². The number of nitrogens with one attached hydrogen (secondary N) is 2. The Hall–Kier alpha value is -3.35. The van der Waals surface area contributed by atoms with Gasteiger partial charge in [-0.3, -0.25) is 10.1 Å². The minimum Gasteiger partial charge on any atom is -0.545 e. The van der Waals surface area contributed by atoms with Gasteiger partial charge in [-0.25, -0.2) is 4.79 Å². The predicted molar refractivity (Wildman–Crippen MR) is 89.0 cm³/mol. The lowest BCUT2D eigenvalue weighted by Gasteiger charge is -2.16. The number of hydrogen-bond donors (Lipinski definition) is 2. The lowest BCUT2D eigenvalue weighted by Crippen LogP contribution is -2.23. The molecule has 3 amide bonds. The van der Waals surface area contributed by atoms with E-state index in [2.05, 4.69) is 10.6 Å². The van der Waals surface area contributed by atoms with Crippen LogP contribution in [0.2, 0.25) is 0 Å². The van der Waals surface area contributed by atoms with Gasteiger partial charge in [-0.2, -0.15) is 0 Å².